The average molecular weight is 336 g/mol. The zero-order chi connectivity index (χ0) is 11.0. The highest BCUT2D eigenvalue weighted by molar-refractivity contribution is 9.10. The van der Waals surface area contributed by atoms with E-state index in [1.165, 1.54) is 0 Å². The smallest absolute Gasteiger partial charge is 0.169 e. The van der Waals surface area contributed by atoms with Crippen molar-refractivity contribution in [3.63, 3.8) is 0 Å². The highest BCUT2D eigenvalue weighted by Gasteiger charge is 2.20. The van der Waals surface area contributed by atoms with Crippen molar-refractivity contribution in [3.8, 4) is 0 Å². The Balaban J connectivity index is 2.40. The van der Waals surface area contributed by atoms with Crippen LogP contribution in [0.1, 0.15) is 17.6 Å². The quantitative estimate of drug-likeness (QED) is 0.917. The number of aliphatic hydroxyl groups is 1. The van der Waals surface area contributed by atoms with Crippen molar-refractivity contribution in [2.75, 3.05) is 0 Å². The first-order valence-electron chi connectivity index (χ1n) is 4.20. The molecular formula is C9H8Br2N2O2. The summed E-state index contributed by atoms with van der Waals surface area (Å²) in [5, 5.41) is 14.1. The number of aliphatic hydroxyl groups excluding tert-OH is 1. The number of rotatable bonds is 2. The van der Waals surface area contributed by atoms with Crippen molar-refractivity contribution in [2.24, 2.45) is 7.05 Å². The summed E-state index contributed by atoms with van der Waals surface area (Å²) in [7, 11) is 1.77. The van der Waals surface area contributed by atoms with Crippen LogP contribution in [0.4, 0.5) is 0 Å². The lowest BCUT2D eigenvalue weighted by Crippen LogP contribution is -2.06. The molecule has 2 rings (SSSR count). The molecule has 6 heteroatoms. The van der Waals surface area contributed by atoms with Gasteiger partial charge in [0.1, 0.15) is 5.76 Å². The Morgan fingerprint density at radius 3 is 2.67 bits per heavy atom. The van der Waals surface area contributed by atoms with Gasteiger partial charge >= 0.3 is 0 Å². The fourth-order valence-corrected chi connectivity index (χ4v) is 2.22. The third-order valence-electron chi connectivity index (χ3n) is 2.06. The molecule has 0 bridgehead atoms. The van der Waals surface area contributed by atoms with Gasteiger partial charge in [0.2, 0.25) is 0 Å². The Hall–Kier alpha value is -0.590. The minimum Gasteiger partial charge on any atom is -0.451 e. The molecule has 0 aliphatic heterocycles. The highest BCUT2D eigenvalue weighted by Crippen LogP contribution is 2.29. The second-order valence-electron chi connectivity index (χ2n) is 3.05. The van der Waals surface area contributed by atoms with Gasteiger partial charge in [-0.3, -0.25) is 4.68 Å². The maximum atomic E-state index is 10.1. The van der Waals surface area contributed by atoms with Gasteiger partial charge in [-0.1, -0.05) is 0 Å². The Morgan fingerprint density at radius 2 is 2.20 bits per heavy atom. The number of nitrogens with zero attached hydrogens (tertiary/aromatic N) is 2. The Morgan fingerprint density at radius 1 is 1.47 bits per heavy atom. The average Bonchev–Trinajstić information content (AvgIpc) is 2.73. The molecule has 15 heavy (non-hydrogen) atoms. The molecule has 0 aliphatic rings. The summed E-state index contributed by atoms with van der Waals surface area (Å²) in [6.07, 6.45) is 0.814. The summed E-state index contributed by atoms with van der Waals surface area (Å²) in [5.74, 6) is 0.478. The number of hydrogen-bond donors (Lipinski definition) is 1. The standard InChI is InChI=1S/C9H8Br2N2O2/c1-13-8(5(10)4-12-13)9(14)6-2-3-7(11)15-6/h2-4,9,14H,1H3. The van der Waals surface area contributed by atoms with E-state index in [-0.39, 0.29) is 0 Å². The van der Waals surface area contributed by atoms with Crippen molar-refractivity contribution in [2.45, 2.75) is 6.10 Å². The van der Waals surface area contributed by atoms with E-state index in [4.69, 9.17) is 4.42 Å². The first kappa shape index (κ1) is 10.9. The lowest BCUT2D eigenvalue weighted by molar-refractivity contribution is 0.177. The molecule has 1 N–H and O–H groups in total. The minimum atomic E-state index is -0.821. The molecule has 0 saturated carbocycles. The monoisotopic (exact) mass is 334 g/mol. The van der Waals surface area contributed by atoms with E-state index in [1.807, 2.05) is 0 Å². The largest absolute Gasteiger partial charge is 0.451 e. The Bertz CT molecular complexity index is 459. The van der Waals surface area contributed by atoms with E-state index >= 15 is 0 Å². The van der Waals surface area contributed by atoms with Crippen LogP contribution in [0.3, 0.4) is 0 Å². The van der Waals surface area contributed by atoms with E-state index < -0.39 is 6.10 Å². The van der Waals surface area contributed by atoms with Crippen LogP contribution in [-0.4, -0.2) is 14.9 Å². The number of halogens is 2. The van der Waals surface area contributed by atoms with Gasteiger partial charge in [0.15, 0.2) is 10.8 Å². The molecule has 0 amide bonds. The van der Waals surface area contributed by atoms with Gasteiger partial charge in [-0.2, -0.15) is 5.10 Å². The Labute approximate surface area is 103 Å². The van der Waals surface area contributed by atoms with E-state index in [2.05, 4.69) is 37.0 Å². The van der Waals surface area contributed by atoms with E-state index in [0.29, 0.717) is 16.1 Å². The summed E-state index contributed by atoms with van der Waals surface area (Å²) in [6.45, 7) is 0. The molecule has 4 nitrogen and oxygen atoms in total. The van der Waals surface area contributed by atoms with Crippen molar-refractivity contribution in [1.29, 1.82) is 0 Å². The lowest BCUT2D eigenvalue weighted by Gasteiger charge is -2.08. The fourth-order valence-electron chi connectivity index (χ4n) is 1.34. The van der Waals surface area contributed by atoms with Crippen LogP contribution < -0.4 is 0 Å². The SMILES string of the molecule is Cn1ncc(Br)c1C(O)c1ccc(Br)o1. The Kier molecular flexibility index (Phi) is 2.99. The number of aromatic nitrogens is 2. The third-order valence-corrected chi connectivity index (χ3v) is 3.10. The maximum Gasteiger partial charge on any atom is 0.169 e. The lowest BCUT2D eigenvalue weighted by atomic mass is 10.2. The number of hydrogen-bond acceptors (Lipinski definition) is 3. The second-order valence-corrected chi connectivity index (χ2v) is 4.68. The van der Waals surface area contributed by atoms with Crippen LogP contribution >= 0.6 is 31.9 Å². The summed E-state index contributed by atoms with van der Waals surface area (Å²) in [6, 6.07) is 3.46. The molecule has 2 aromatic rings. The molecular weight excluding hydrogens is 328 g/mol. The zero-order valence-electron chi connectivity index (χ0n) is 7.82. The summed E-state index contributed by atoms with van der Waals surface area (Å²) in [5.41, 5.74) is 0.664. The predicted octanol–water partition coefficient (Wildman–Crippen LogP) is 2.62. The fraction of sp³-hybridized carbons (Fsp3) is 0.222. The van der Waals surface area contributed by atoms with Gasteiger partial charge < -0.3 is 9.52 Å². The molecule has 0 spiro atoms. The van der Waals surface area contributed by atoms with Gasteiger partial charge in [-0.25, -0.2) is 0 Å². The van der Waals surface area contributed by atoms with E-state index in [1.54, 1.807) is 30.1 Å². The summed E-state index contributed by atoms with van der Waals surface area (Å²) in [4.78, 5) is 0. The molecule has 0 aromatic carbocycles. The van der Waals surface area contributed by atoms with Crippen LogP contribution in [0.2, 0.25) is 0 Å². The molecule has 2 heterocycles. The zero-order valence-corrected chi connectivity index (χ0v) is 11.0. The molecule has 1 unspecified atom stereocenters. The minimum absolute atomic E-state index is 0.478. The molecule has 0 saturated heterocycles. The molecule has 0 fully saturated rings. The van der Waals surface area contributed by atoms with Crippen LogP contribution in [-0.2, 0) is 7.05 Å². The van der Waals surface area contributed by atoms with Crippen molar-refractivity contribution in [3.05, 3.63) is 38.9 Å². The molecule has 1 atom stereocenters. The summed E-state index contributed by atoms with van der Waals surface area (Å²) >= 11 is 6.51. The van der Waals surface area contributed by atoms with Crippen LogP contribution in [0.25, 0.3) is 0 Å². The second kappa shape index (κ2) is 4.11. The first-order chi connectivity index (χ1) is 7.09. The van der Waals surface area contributed by atoms with Crippen molar-refractivity contribution >= 4 is 31.9 Å². The van der Waals surface area contributed by atoms with Crippen LogP contribution in [0.5, 0.6) is 0 Å². The highest BCUT2D eigenvalue weighted by atomic mass is 79.9. The normalized spacial score (nSPS) is 13.1. The van der Waals surface area contributed by atoms with Gasteiger partial charge in [0, 0.05) is 7.05 Å². The van der Waals surface area contributed by atoms with Crippen LogP contribution in [0, 0.1) is 0 Å². The maximum absolute atomic E-state index is 10.1. The van der Waals surface area contributed by atoms with Gasteiger partial charge in [0.05, 0.1) is 16.4 Å². The van der Waals surface area contributed by atoms with Crippen molar-refractivity contribution in [1.82, 2.24) is 9.78 Å². The summed E-state index contributed by atoms with van der Waals surface area (Å²) < 4.78 is 8.23. The van der Waals surface area contributed by atoms with Crippen LogP contribution in [0.15, 0.2) is 31.9 Å². The molecule has 0 aliphatic carbocycles. The first-order valence-corrected chi connectivity index (χ1v) is 5.79. The topological polar surface area (TPSA) is 51.2 Å². The van der Waals surface area contributed by atoms with Gasteiger partial charge in [-0.15, -0.1) is 0 Å². The molecule has 0 radical (unpaired) electrons. The number of furan rings is 1. The third kappa shape index (κ3) is 2.02. The van der Waals surface area contributed by atoms with E-state index in [9.17, 15) is 5.11 Å². The molecule has 80 valence electrons. The van der Waals surface area contributed by atoms with E-state index in [0.717, 1.165) is 4.47 Å². The number of aryl methyl sites for hydroxylation is 1. The van der Waals surface area contributed by atoms with Gasteiger partial charge in [0.25, 0.3) is 0 Å². The predicted molar refractivity (Wildman–Crippen MR) is 61.4 cm³/mol. The van der Waals surface area contributed by atoms with Gasteiger partial charge in [-0.05, 0) is 44.0 Å². The molecule has 2 aromatic heterocycles. The van der Waals surface area contributed by atoms with Crippen molar-refractivity contribution < 1.29 is 9.52 Å².